The number of aromatic nitrogens is 1. The van der Waals surface area contributed by atoms with Crippen LogP contribution in [0.15, 0.2) is 54.6 Å². The number of hydrogen-bond donors (Lipinski definition) is 1. The first-order valence-corrected chi connectivity index (χ1v) is 8.34. The third kappa shape index (κ3) is 2.98. The van der Waals surface area contributed by atoms with Gasteiger partial charge in [-0.2, -0.15) is 13.2 Å². The van der Waals surface area contributed by atoms with Gasteiger partial charge in [-0.05, 0) is 48.0 Å². The highest BCUT2D eigenvalue weighted by molar-refractivity contribution is 6.17. The van der Waals surface area contributed by atoms with E-state index < -0.39 is 23.5 Å². The van der Waals surface area contributed by atoms with Crippen molar-refractivity contribution < 1.29 is 22.4 Å². The van der Waals surface area contributed by atoms with Gasteiger partial charge in [0.25, 0.3) is 0 Å². The number of nitrogens with zero attached hydrogens (tertiary/aromatic N) is 1. The smallest absolute Gasteiger partial charge is 0.366 e. The molecule has 0 aliphatic carbocycles. The zero-order valence-electron chi connectivity index (χ0n) is 14.3. The van der Waals surface area contributed by atoms with Crippen LogP contribution in [0, 0.1) is 11.9 Å². The van der Waals surface area contributed by atoms with Gasteiger partial charge in [-0.15, -0.1) is 0 Å². The van der Waals surface area contributed by atoms with E-state index in [0.29, 0.717) is 21.9 Å². The van der Waals surface area contributed by atoms with E-state index in [2.05, 4.69) is 6.07 Å². The minimum atomic E-state index is -4.54. The normalized spacial score (nSPS) is 12.0. The van der Waals surface area contributed by atoms with Gasteiger partial charge in [-0.25, -0.2) is 4.39 Å². The second kappa shape index (κ2) is 6.37. The van der Waals surface area contributed by atoms with Crippen LogP contribution in [-0.4, -0.2) is 10.5 Å². The number of fused-ring (bicyclic) bond motifs is 3. The number of halogens is 4. The second-order valence-corrected chi connectivity index (χ2v) is 6.43. The minimum absolute atomic E-state index is 0.120. The van der Waals surface area contributed by atoms with Crippen LogP contribution in [0.1, 0.15) is 21.5 Å². The first kappa shape index (κ1) is 18.0. The molecule has 0 aliphatic rings. The molecule has 1 radical (unpaired) electrons. The number of alkyl halides is 3. The zero-order chi connectivity index (χ0) is 20.1. The summed E-state index contributed by atoms with van der Waals surface area (Å²) in [6.07, 6.45) is -4.54. The van der Waals surface area contributed by atoms with E-state index in [1.807, 2.05) is 0 Å². The molecule has 1 aromatic heterocycles. The van der Waals surface area contributed by atoms with E-state index in [-0.39, 0.29) is 17.6 Å². The van der Waals surface area contributed by atoms with E-state index in [0.717, 1.165) is 12.1 Å². The average molecular weight is 385 g/mol. The minimum Gasteiger partial charge on any atom is -0.366 e. The summed E-state index contributed by atoms with van der Waals surface area (Å²) < 4.78 is 54.9. The zero-order valence-corrected chi connectivity index (χ0v) is 14.3. The molecule has 3 aromatic carbocycles. The fourth-order valence-corrected chi connectivity index (χ4v) is 3.41. The molecule has 0 atom stereocenters. The largest absolute Gasteiger partial charge is 0.416 e. The van der Waals surface area contributed by atoms with Gasteiger partial charge in [-0.1, -0.05) is 18.2 Å². The lowest BCUT2D eigenvalue weighted by atomic mass is 10.0. The SMILES string of the molecule is NC(=O)c1cccc2c1c1[c]cc(C(F)(F)F)cc1n2Cc1cccc(F)c1. The molecule has 2 N–H and O–H groups in total. The lowest BCUT2D eigenvalue weighted by molar-refractivity contribution is -0.137. The fourth-order valence-electron chi connectivity index (χ4n) is 3.41. The van der Waals surface area contributed by atoms with Gasteiger partial charge in [0.2, 0.25) is 5.91 Å². The third-order valence-corrected chi connectivity index (χ3v) is 4.62. The van der Waals surface area contributed by atoms with Crippen LogP contribution < -0.4 is 5.73 Å². The quantitative estimate of drug-likeness (QED) is 0.501. The summed E-state index contributed by atoms with van der Waals surface area (Å²) in [5, 5.41) is 0.781. The van der Waals surface area contributed by atoms with Crippen molar-refractivity contribution in [2.75, 3.05) is 0 Å². The molecule has 4 rings (SSSR count). The number of primary amides is 1. The van der Waals surface area contributed by atoms with Gasteiger partial charge >= 0.3 is 6.18 Å². The Kier molecular flexibility index (Phi) is 4.10. The highest BCUT2D eigenvalue weighted by Crippen LogP contribution is 2.36. The summed E-state index contributed by atoms with van der Waals surface area (Å²) in [6.45, 7) is 0.120. The van der Waals surface area contributed by atoms with Gasteiger partial charge in [0.15, 0.2) is 0 Å². The van der Waals surface area contributed by atoms with Gasteiger partial charge in [0.05, 0.1) is 16.6 Å². The molecule has 1 amide bonds. The molecular weight excluding hydrogens is 372 g/mol. The lowest BCUT2D eigenvalue weighted by Gasteiger charge is -2.10. The number of carbonyl (C=O) groups excluding carboxylic acids is 1. The second-order valence-electron chi connectivity index (χ2n) is 6.43. The number of benzene rings is 3. The van der Waals surface area contributed by atoms with Gasteiger partial charge in [-0.3, -0.25) is 4.79 Å². The van der Waals surface area contributed by atoms with Crippen molar-refractivity contribution in [2.45, 2.75) is 12.7 Å². The predicted molar refractivity (Wildman–Crippen MR) is 97.3 cm³/mol. The van der Waals surface area contributed by atoms with E-state index in [1.165, 1.54) is 24.3 Å². The van der Waals surface area contributed by atoms with E-state index in [1.54, 1.807) is 22.8 Å². The molecule has 1 heterocycles. The molecule has 0 spiro atoms. The van der Waals surface area contributed by atoms with Crippen LogP contribution in [0.25, 0.3) is 21.8 Å². The summed E-state index contributed by atoms with van der Waals surface area (Å²) in [6, 6.07) is 15.1. The van der Waals surface area contributed by atoms with Gasteiger partial charge in [0.1, 0.15) is 5.82 Å². The Hall–Kier alpha value is -3.35. The topological polar surface area (TPSA) is 48.0 Å². The standard InChI is InChI=1S/C21H13F4N2O/c22-14-4-1-3-12(9-14)11-27-17-6-2-5-16(20(26)28)19(17)15-8-7-13(10-18(15)27)21(23,24)25/h1-7,9-10H,11H2,(H2,26,28). The molecule has 4 aromatic rings. The predicted octanol–water partition coefficient (Wildman–Crippen LogP) is 4.90. The maximum atomic E-state index is 13.6. The van der Waals surface area contributed by atoms with Crippen molar-refractivity contribution in [1.82, 2.24) is 4.57 Å². The fraction of sp³-hybridized carbons (Fsp3) is 0.0952. The molecular formula is C21H13F4N2O. The maximum Gasteiger partial charge on any atom is 0.416 e. The van der Waals surface area contributed by atoms with Crippen LogP contribution >= 0.6 is 0 Å². The summed E-state index contributed by atoms with van der Waals surface area (Å²) >= 11 is 0. The monoisotopic (exact) mass is 385 g/mol. The summed E-state index contributed by atoms with van der Waals surface area (Å²) in [5.74, 6) is -1.14. The molecule has 0 aliphatic heterocycles. The number of amides is 1. The van der Waals surface area contributed by atoms with Crippen molar-refractivity contribution in [3.63, 3.8) is 0 Å². The molecule has 7 heteroatoms. The Morgan fingerprint density at radius 3 is 2.50 bits per heavy atom. The van der Waals surface area contributed by atoms with E-state index in [4.69, 9.17) is 5.73 Å². The summed E-state index contributed by atoms with van der Waals surface area (Å²) in [5.41, 5.74) is 6.12. The molecule has 0 saturated carbocycles. The number of hydrogen-bond acceptors (Lipinski definition) is 1. The molecule has 0 unspecified atom stereocenters. The van der Waals surface area contributed by atoms with Crippen LogP contribution in [0.3, 0.4) is 0 Å². The first-order chi connectivity index (χ1) is 13.3. The van der Waals surface area contributed by atoms with Gasteiger partial charge < -0.3 is 10.3 Å². The van der Waals surface area contributed by atoms with E-state index >= 15 is 0 Å². The Morgan fingerprint density at radius 2 is 1.82 bits per heavy atom. The third-order valence-electron chi connectivity index (χ3n) is 4.62. The number of carbonyl (C=O) groups is 1. The average Bonchev–Trinajstić information content (AvgIpc) is 2.94. The number of rotatable bonds is 3. The molecule has 141 valence electrons. The number of nitrogens with two attached hydrogens (primary N) is 1. The molecule has 0 saturated heterocycles. The van der Waals surface area contributed by atoms with Crippen molar-refractivity contribution in [2.24, 2.45) is 5.73 Å². The Labute approximate surface area is 157 Å². The Bertz CT molecular complexity index is 1220. The van der Waals surface area contributed by atoms with Crippen molar-refractivity contribution in [3.8, 4) is 0 Å². The van der Waals surface area contributed by atoms with Crippen LogP contribution in [-0.2, 0) is 12.7 Å². The summed E-state index contributed by atoms with van der Waals surface area (Å²) in [7, 11) is 0. The van der Waals surface area contributed by atoms with Gasteiger partial charge in [0, 0.05) is 22.9 Å². The molecule has 0 bridgehead atoms. The first-order valence-electron chi connectivity index (χ1n) is 8.34. The van der Waals surface area contributed by atoms with Crippen LogP contribution in [0.2, 0.25) is 0 Å². The van der Waals surface area contributed by atoms with Crippen molar-refractivity contribution in [1.29, 1.82) is 0 Å². The lowest BCUT2D eigenvalue weighted by Crippen LogP contribution is -2.11. The van der Waals surface area contributed by atoms with Crippen molar-refractivity contribution >= 4 is 27.7 Å². The molecule has 28 heavy (non-hydrogen) atoms. The van der Waals surface area contributed by atoms with Crippen LogP contribution in [0.5, 0.6) is 0 Å². The summed E-state index contributed by atoms with van der Waals surface area (Å²) in [4.78, 5) is 11.9. The van der Waals surface area contributed by atoms with Crippen LogP contribution in [0.4, 0.5) is 17.6 Å². The Balaban J connectivity index is 2.06. The molecule has 0 fully saturated rings. The highest BCUT2D eigenvalue weighted by atomic mass is 19.4. The van der Waals surface area contributed by atoms with E-state index in [9.17, 15) is 22.4 Å². The maximum absolute atomic E-state index is 13.6. The Morgan fingerprint density at radius 1 is 1.07 bits per heavy atom. The molecule has 3 nitrogen and oxygen atoms in total. The van der Waals surface area contributed by atoms with Crippen molar-refractivity contribution in [3.05, 3.63) is 83.2 Å². The highest BCUT2D eigenvalue weighted by Gasteiger charge is 2.31.